The lowest BCUT2D eigenvalue weighted by atomic mass is 9.74. The second-order valence-electron chi connectivity index (χ2n) is 6.40. The fourth-order valence-corrected chi connectivity index (χ4v) is 3.72. The van der Waals surface area contributed by atoms with Crippen LogP contribution < -0.4 is 0 Å². The summed E-state index contributed by atoms with van der Waals surface area (Å²) < 4.78 is 5.55. The lowest BCUT2D eigenvalue weighted by Gasteiger charge is -2.30. The van der Waals surface area contributed by atoms with Crippen LogP contribution in [0.1, 0.15) is 63.6 Å². The van der Waals surface area contributed by atoms with Crippen LogP contribution in [0.2, 0.25) is 0 Å². The molecule has 0 saturated heterocycles. The maximum atomic E-state index is 5.55. The van der Waals surface area contributed by atoms with Gasteiger partial charge >= 0.3 is 0 Å². The zero-order valence-electron chi connectivity index (χ0n) is 16.8. The van der Waals surface area contributed by atoms with Gasteiger partial charge in [0.05, 0.1) is 6.26 Å². The average Bonchev–Trinajstić information content (AvgIpc) is 3.25. The van der Waals surface area contributed by atoms with Gasteiger partial charge in [0, 0.05) is 11.5 Å². The van der Waals surface area contributed by atoms with E-state index in [0.29, 0.717) is 5.92 Å². The number of fused-ring (bicyclic) bond motifs is 1. The maximum absolute atomic E-state index is 5.55. The molecule has 2 atom stereocenters. The van der Waals surface area contributed by atoms with Gasteiger partial charge in [0.1, 0.15) is 5.76 Å². The zero-order valence-corrected chi connectivity index (χ0v) is 16.8. The van der Waals surface area contributed by atoms with Gasteiger partial charge in [-0.25, -0.2) is 0 Å². The Kier molecular flexibility index (Phi) is 7.72. The van der Waals surface area contributed by atoms with Crippen LogP contribution in [0.25, 0.3) is 11.3 Å². The highest BCUT2D eigenvalue weighted by Crippen LogP contribution is 2.40. The Morgan fingerprint density at radius 3 is 2.35 bits per heavy atom. The summed E-state index contributed by atoms with van der Waals surface area (Å²) in [5.74, 6) is 2.17. The Morgan fingerprint density at radius 1 is 0.846 bits per heavy atom. The van der Waals surface area contributed by atoms with Crippen molar-refractivity contribution >= 4 is 0 Å². The second kappa shape index (κ2) is 10.0. The van der Waals surface area contributed by atoms with Crippen molar-refractivity contribution in [3.8, 4) is 11.3 Å². The first-order chi connectivity index (χ1) is 12.8. The van der Waals surface area contributed by atoms with Crippen LogP contribution in [0.3, 0.4) is 0 Å². The van der Waals surface area contributed by atoms with Crippen molar-refractivity contribution in [1.82, 2.24) is 0 Å². The van der Waals surface area contributed by atoms with Crippen LogP contribution in [-0.4, -0.2) is 0 Å². The van der Waals surface area contributed by atoms with E-state index in [1.165, 1.54) is 35.1 Å². The lowest BCUT2D eigenvalue weighted by Crippen LogP contribution is -2.17. The van der Waals surface area contributed by atoms with Gasteiger partial charge in [-0.15, -0.1) is 0 Å². The Balaban J connectivity index is 0.000000570. The molecular formula is C25H32O. The Morgan fingerprint density at radius 2 is 1.62 bits per heavy atom. The summed E-state index contributed by atoms with van der Waals surface area (Å²) in [5.41, 5.74) is 5.57. The monoisotopic (exact) mass is 348 g/mol. The van der Waals surface area contributed by atoms with Crippen molar-refractivity contribution in [2.24, 2.45) is 5.92 Å². The highest BCUT2D eigenvalue weighted by atomic mass is 16.3. The van der Waals surface area contributed by atoms with Crippen molar-refractivity contribution in [2.45, 2.75) is 53.4 Å². The van der Waals surface area contributed by atoms with Gasteiger partial charge in [-0.2, -0.15) is 0 Å². The molecule has 1 nitrogen and oxygen atoms in total. The molecule has 26 heavy (non-hydrogen) atoms. The first-order valence-corrected chi connectivity index (χ1v) is 10.0. The quantitative estimate of drug-likeness (QED) is 0.462. The second-order valence-corrected chi connectivity index (χ2v) is 6.40. The van der Waals surface area contributed by atoms with Crippen LogP contribution in [-0.2, 0) is 6.42 Å². The van der Waals surface area contributed by atoms with Crippen molar-refractivity contribution in [3.05, 3.63) is 83.6 Å². The van der Waals surface area contributed by atoms with E-state index in [0.717, 1.165) is 11.7 Å². The minimum atomic E-state index is 0.495. The van der Waals surface area contributed by atoms with Crippen LogP contribution in [0.4, 0.5) is 0 Å². The topological polar surface area (TPSA) is 13.1 Å². The molecule has 3 aromatic rings. The standard InChI is InChI=1S/C21H20O.2C2H6/c1-15-12-16-6-2-3-9-19(16)20(13-15)17-7-4-8-18(14-17)21-10-5-11-22-21;2*1-2/h2-11,14-15,20H,12-13H2,1H3;2*1-2H3/t15-,20-;;/m1../s1. The molecule has 4 rings (SSSR count). The summed E-state index contributed by atoms with van der Waals surface area (Å²) in [5, 5.41) is 0. The molecule has 2 aromatic carbocycles. The number of benzene rings is 2. The van der Waals surface area contributed by atoms with Crippen molar-refractivity contribution in [3.63, 3.8) is 0 Å². The Hall–Kier alpha value is -2.28. The van der Waals surface area contributed by atoms with E-state index in [4.69, 9.17) is 4.42 Å². The minimum absolute atomic E-state index is 0.495. The zero-order chi connectivity index (χ0) is 18.9. The average molecular weight is 349 g/mol. The van der Waals surface area contributed by atoms with Crippen molar-refractivity contribution < 1.29 is 4.42 Å². The molecule has 1 aromatic heterocycles. The number of furan rings is 1. The SMILES string of the molecule is CC.CC.C[C@@H]1Cc2ccccc2[C@@H](c2cccc(-c3ccco3)c2)C1. The molecular weight excluding hydrogens is 316 g/mol. The molecule has 138 valence electrons. The number of hydrogen-bond donors (Lipinski definition) is 0. The van der Waals surface area contributed by atoms with Crippen LogP contribution >= 0.6 is 0 Å². The molecule has 0 fully saturated rings. The lowest BCUT2D eigenvalue weighted by molar-refractivity contribution is 0.464. The minimum Gasteiger partial charge on any atom is -0.464 e. The van der Waals surface area contributed by atoms with Gasteiger partial charge < -0.3 is 4.42 Å². The third-order valence-electron chi connectivity index (χ3n) is 4.73. The van der Waals surface area contributed by atoms with Crippen LogP contribution in [0.15, 0.2) is 71.3 Å². The van der Waals surface area contributed by atoms with E-state index in [9.17, 15) is 0 Å². The molecule has 0 saturated carbocycles. The first-order valence-electron chi connectivity index (χ1n) is 10.0. The molecule has 0 radical (unpaired) electrons. The van der Waals surface area contributed by atoms with Gasteiger partial charge in [0.15, 0.2) is 0 Å². The van der Waals surface area contributed by atoms with E-state index in [2.05, 4.69) is 55.5 Å². The maximum Gasteiger partial charge on any atom is 0.133 e. The molecule has 0 amide bonds. The van der Waals surface area contributed by atoms with E-state index in [1.54, 1.807) is 6.26 Å². The molecule has 0 unspecified atom stereocenters. The molecule has 1 heteroatoms. The largest absolute Gasteiger partial charge is 0.464 e. The number of rotatable bonds is 2. The van der Waals surface area contributed by atoms with E-state index >= 15 is 0 Å². The fraction of sp³-hybridized carbons (Fsp3) is 0.360. The smallest absolute Gasteiger partial charge is 0.133 e. The van der Waals surface area contributed by atoms with Gasteiger partial charge in [-0.1, -0.05) is 77.1 Å². The van der Waals surface area contributed by atoms with Crippen molar-refractivity contribution in [1.29, 1.82) is 0 Å². The molecule has 0 N–H and O–H groups in total. The summed E-state index contributed by atoms with van der Waals surface area (Å²) in [4.78, 5) is 0. The van der Waals surface area contributed by atoms with E-state index in [-0.39, 0.29) is 0 Å². The van der Waals surface area contributed by atoms with Crippen LogP contribution in [0.5, 0.6) is 0 Å². The normalized spacial score (nSPS) is 17.9. The van der Waals surface area contributed by atoms with Gasteiger partial charge in [0.2, 0.25) is 0 Å². The Labute approximate surface area is 159 Å². The predicted molar refractivity (Wildman–Crippen MR) is 113 cm³/mol. The highest BCUT2D eigenvalue weighted by Gasteiger charge is 2.25. The Bertz CT molecular complexity index is 770. The third kappa shape index (κ3) is 4.46. The van der Waals surface area contributed by atoms with Crippen molar-refractivity contribution in [2.75, 3.05) is 0 Å². The van der Waals surface area contributed by atoms with E-state index < -0.39 is 0 Å². The summed E-state index contributed by atoms with van der Waals surface area (Å²) in [6.45, 7) is 10.4. The predicted octanol–water partition coefficient (Wildman–Crippen LogP) is 7.71. The summed E-state index contributed by atoms with van der Waals surface area (Å²) >= 11 is 0. The van der Waals surface area contributed by atoms with Crippen LogP contribution in [0, 0.1) is 5.92 Å². The third-order valence-corrected chi connectivity index (χ3v) is 4.73. The van der Waals surface area contributed by atoms with Gasteiger partial charge in [-0.05, 0) is 53.6 Å². The molecule has 1 aliphatic rings. The van der Waals surface area contributed by atoms with E-state index in [1.807, 2.05) is 39.8 Å². The highest BCUT2D eigenvalue weighted by molar-refractivity contribution is 5.59. The molecule has 0 aliphatic heterocycles. The fourth-order valence-electron chi connectivity index (χ4n) is 3.72. The van der Waals surface area contributed by atoms with Gasteiger partial charge in [-0.3, -0.25) is 0 Å². The first kappa shape index (κ1) is 20.0. The molecule has 1 aliphatic carbocycles. The molecule has 0 bridgehead atoms. The van der Waals surface area contributed by atoms with Gasteiger partial charge in [0.25, 0.3) is 0 Å². The summed E-state index contributed by atoms with van der Waals surface area (Å²) in [6.07, 6.45) is 4.16. The molecule has 1 heterocycles. The summed E-state index contributed by atoms with van der Waals surface area (Å²) in [6, 6.07) is 21.7. The summed E-state index contributed by atoms with van der Waals surface area (Å²) in [7, 11) is 0. The number of hydrogen-bond acceptors (Lipinski definition) is 1. The molecule has 0 spiro atoms.